The van der Waals surface area contributed by atoms with E-state index in [9.17, 15) is 4.79 Å². The highest BCUT2D eigenvalue weighted by Crippen LogP contribution is 2.03. The summed E-state index contributed by atoms with van der Waals surface area (Å²) in [6.07, 6.45) is 0.392. The molecule has 0 unspecified atom stereocenters. The van der Waals surface area contributed by atoms with Gasteiger partial charge in [-0.05, 0) is 25.5 Å². The molecule has 0 atom stereocenters. The lowest BCUT2D eigenvalue weighted by molar-refractivity contribution is -0.121. The Morgan fingerprint density at radius 2 is 1.76 bits per heavy atom. The van der Waals surface area contributed by atoms with Crippen LogP contribution in [-0.4, -0.2) is 22.4 Å². The van der Waals surface area contributed by atoms with Gasteiger partial charge in [0.1, 0.15) is 0 Å². The molecule has 0 aliphatic carbocycles. The third-order valence-electron chi connectivity index (χ3n) is 2.95. The predicted octanol–water partition coefficient (Wildman–Crippen LogP) is 2.21. The first-order chi connectivity index (χ1) is 10.1. The number of carbonyl (C=O) groups is 1. The molecule has 21 heavy (non-hydrogen) atoms. The fourth-order valence-electron chi connectivity index (χ4n) is 1.98. The summed E-state index contributed by atoms with van der Waals surface area (Å²) in [6.45, 7) is 4.92. The molecule has 0 aliphatic rings. The van der Waals surface area contributed by atoms with Crippen LogP contribution in [0.5, 0.6) is 0 Å². The third-order valence-corrected chi connectivity index (χ3v) is 2.95. The molecule has 110 valence electrons. The Morgan fingerprint density at radius 1 is 1.10 bits per heavy atom. The second-order valence-corrected chi connectivity index (χ2v) is 4.91. The van der Waals surface area contributed by atoms with E-state index in [1.807, 2.05) is 50.2 Å². The summed E-state index contributed by atoms with van der Waals surface area (Å²) in [4.78, 5) is 20.3. The Morgan fingerprint density at radius 3 is 2.43 bits per heavy atom. The van der Waals surface area contributed by atoms with E-state index >= 15 is 0 Å². The Balaban J connectivity index is 1.72. The number of hydrogen-bond acceptors (Lipinski definition) is 4. The number of amides is 1. The number of aryl methyl sites for hydroxylation is 2. The van der Waals surface area contributed by atoms with Crippen LogP contribution in [0.3, 0.4) is 0 Å². The molecule has 1 aromatic heterocycles. The zero-order valence-corrected chi connectivity index (χ0v) is 12.4. The average molecular weight is 284 g/mol. The molecule has 1 aromatic carbocycles. The first-order valence-corrected chi connectivity index (χ1v) is 7.00. The van der Waals surface area contributed by atoms with E-state index in [-0.39, 0.29) is 5.91 Å². The van der Waals surface area contributed by atoms with E-state index < -0.39 is 0 Å². The number of rotatable bonds is 6. The van der Waals surface area contributed by atoms with Gasteiger partial charge in [-0.15, -0.1) is 0 Å². The van der Waals surface area contributed by atoms with Crippen molar-refractivity contribution in [3.63, 3.8) is 0 Å². The second-order valence-electron chi connectivity index (χ2n) is 4.91. The van der Waals surface area contributed by atoms with Crippen LogP contribution in [-0.2, 0) is 11.3 Å². The van der Waals surface area contributed by atoms with E-state index in [2.05, 4.69) is 20.6 Å². The van der Waals surface area contributed by atoms with Gasteiger partial charge in [-0.2, -0.15) is 0 Å². The highest BCUT2D eigenvalue weighted by molar-refractivity contribution is 5.76. The standard InChI is InChI=1S/C16H20N4O/c1-12-10-13(2)20-16(19-12)17-9-8-15(21)18-11-14-6-4-3-5-7-14/h3-7,10H,8-9,11H2,1-2H3,(H,18,21)(H,17,19,20). The van der Waals surface area contributed by atoms with Gasteiger partial charge in [-0.25, -0.2) is 9.97 Å². The molecule has 1 amide bonds. The minimum atomic E-state index is 0.00993. The molecule has 0 bridgehead atoms. The van der Waals surface area contributed by atoms with Gasteiger partial charge in [0.25, 0.3) is 0 Å². The minimum Gasteiger partial charge on any atom is -0.354 e. The van der Waals surface area contributed by atoms with Gasteiger partial charge in [0.15, 0.2) is 0 Å². The summed E-state index contributed by atoms with van der Waals surface area (Å²) in [5.41, 5.74) is 2.92. The predicted molar refractivity (Wildman–Crippen MR) is 82.9 cm³/mol. The number of nitrogens with zero attached hydrogens (tertiary/aromatic N) is 2. The van der Waals surface area contributed by atoms with E-state index in [1.54, 1.807) is 0 Å². The van der Waals surface area contributed by atoms with Gasteiger partial charge >= 0.3 is 0 Å². The first kappa shape index (κ1) is 15.0. The highest BCUT2D eigenvalue weighted by atomic mass is 16.1. The van der Waals surface area contributed by atoms with Gasteiger partial charge in [-0.3, -0.25) is 4.79 Å². The number of aromatic nitrogens is 2. The van der Waals surface area contributed by atoms with Crippen molar-refractivity contribution in [2.75, 3.05) is 11.9 Å². The van der Waals surface area contributed by atoms with Gasteiger partial charge in [0, 0.05) is 30.9 Å². The van der Waals surface area contributed by atoms with Gasteiger partial charge in [0.05, 0.1) is 0 Å². The molecule has 0 saturated carbocycles. The smallest absolute Gasteiger partial charge is 0.223 e. The van der Waals surface area contributed by atoms with Crippen molar-refractivity contribution in [3.05, 3.63) is 53.3 Å². The molecular formula is C16H20N4O. The van der Waals surface area contributed by atoms with Crippen molar-refractivity contribution >= 4 is 11.9 Å². The Labute approximate surface area is 124 Å². The number of benzene rings is 1. The summed E-state index contributed by atoms with van der Waals surface area (Å²) in [6, 6.07) is 11.8. The Bertz CT molecular complexity index is 578. The zero-order chi connectivity index (χ0) is 15.1. The molecule has 2 N–H and O–H groups in total. The van der Waals surface area contributed by atoms with Crippen molar-refractivity contribution < 1.29 is 4.79 Å². The van der Waals surface area contributed by atoms with E-state index in [4.69, 9.17) is 0 Å². The molecule has 0 spiro atoms. The summed E-state index contributed by atoms with van der Waals surface area (Å²) in [5.74, 6) is 0.582. The van der Waals surface area contributed by atoms with Crippen molar-refractivity contribution in [2.45, 2.75) is 26.8 Å². The van der Waals surface area contributed by atoms with Gasteiger partial charge in [0.2, 0.25) is 11.9 Å². The maximum atomic E-state index is 11.7. The van der Waals surface area contributed by atoms with Crippen LogP contribution in [0.2, 0.25) is 0 Å². The van der Waals surface area contributed by atoms with Crippen LogP contribution < -0.4 is 10.6 Å². The molecule has 0 saturated heterocycles. The topological polar surface area (TPSA) is 66.9 Å². The molecule has 2 aromatic rings. The van der Waals surface area contributed by atoms with Crippen molar-refractivity contribution in [3.8, 4) is 0 Å². The molecule has 5 nitrogen and oxygen atoms in total. The summed E-state index contributed by atoms with van der Waals surface area (Å²) >= 11 is 0. The molecular weight excluding hydrogens is 264 g/mol. The molecule has 0 radical (unpaired) electrons. The van der Waals surface area contributed by atoms with Crippen LogP contribution in [0.15, 0.2) is 36.4 Å². The lowest BCUT2D eigenvalue weighted by Gasteiger charge is -2.07. The lowest BCUT2D eigenvalue weighted by Crippen LogP contribution is -2.25. The third kappa shape index (κ3) is 5.22. The van der Waals surface area contributed by atoms with Crippen LogP contribution in [0.1, 0.15) is 23.4 Å². The fraction of sp³-hybridized carbons (Fsp3) is 0.312. The number of hydrogen-bond donors (Lipinski definition) is 2. The lowest BCUT2D eigenvalue weighted by atomic mass is 10.2. The van der Waals surface area contributed by atoms with Gasteiger partial charge in [-0.1, -0.05) is 30.3 Å². The quantitative estimate of drug-likeness (QED) is 0.853. The summed E-state index contributed by atoms with van der Waals surface area (Å²) in [5, 5.41) is 5.96. The zero-order valence-electron chi connectivity index (χ0n) is 12.4. The number of nitrogens with one attached hydrogen (secondary N) is 2. The van der Waals surface area contributed by atoms with Crippen molar-refractivity contribution in [1.82, 2.24) is 15.3 Å². The molecule has 0 aliphatic heterocycles. The number of anilines is 1. The van der Waals surface area contributed by atoms with Crippen molar-refractivity contribution in [2.24, 2.45) is 0 Å². The molecule has 1 heterocycles. The molecule has 5 heteroatoms. The maximum absolute atomic E-state index is 11.7. The normalized spacial score (nSPS) is 10.2. The van der Waals surface area contributed by atoms with Crippen LogP contribution in [0.4, 0.5) is 5.95 Å². The summed E-state index contributed by atoms with van der Waals surface area (Å²) < 4.78 is 0. The maximum Gasteiger partial charge on any atom is 0.223 e. The van der Waals surface area contributed by atoms with E-state index in [0.29, 0.717) is 25.5 Å². The monoisotopic (exact) mass is 284 g/mol. The summed E-state index contributed by atoms with van der Waals surface area (Å²) in [7, 11) is 0. The average Bonchev–Trinajstić information content (AvgIpc) is 2.45. The Kier molecular flexibility index (Phi) is 5.26. The van der Waals surface area contributed by atoms with Gasteiger partial charge < -0.3 is 10.6 Å². The van der Waals surface area contributed by atoms with Crippen LogP contribution >= 0.6 is 0 Å². The molecule has 2 rings (SSSR count). The van der Waals surface area contributed by atoms with Crippen LogP contribution in [0.25, 0.3) is 0 Å². The SMILES string of the molecule is Cc1cc(C)nc(NCCC(=O)NCc2ccccc2)n1. The fourth-order valence-corrected chi connectivity index (χ4v) is 1.98. The van der Waals surface area contributed by atoms with Crippen LogP contribution in [0, 0.1) is 13.8 Å². The number of carbonyl (C=O) groups excluding carboxylic acids is 1. The Hall–Kier alpha value is -2.43. The highest BCUT2D eigenvalue weighted by Gasteiger charge is 2.03. The largest absolute Gasteiger partial charge is 0.354 e. The van der Waals surface area contributed by atoms with Crippen molar-refractivity contribution in [1.29, 1.82) is 0 Å². The minimum absolute atomic E-state index is 0.00993. The second kappa shape index (κ2) is 7.38. The first-order valence-electron chi connectivity index (χ1n) is 7.00. The van der Waals surface area contributed by atoms with E-state index in [0.717, 1.165) is 17.0 Å². The molecule has 0 fully saturated rings. The van der Waals surface area contributed by atoms with E-state index in [1.165, 1.54) is 0 Å².